The Morgan fingerprint density at radius 2 is 1.93 bits per heavy atom. The molecule has 2 aromatic carbocycles. The van der Waals surface area contributed by atoms with E-state index in [1.54, 1.807) is 31.4 Å². The summed E-state index contributed by atoms with van der Waals surface area (Å²) in [6.07, 6.45) is 0. The van der Waals surface area contributed by atoms with E-state index in [4.69, 9.17) is 16.3 Å². The van der Waals surface area contributed by atoms with Crippen LogP contribution in [0.2, 0.25) is 5.02 Å². The third kappa shape index (κ3) is 3.72. The SMILES string of the molecule is COc1cccc(CN2C(=O)C(=O)/C(=C(\O)c3cccc(Cl)c3)C2c2cccs2)c1. The molecule has 1 aromatic heterocycles. The van der Waals surface area contributed by atoms with Crippen molar-refractivity contribution >= 4 is 40.4 Å². The quantitative estimate of drug-likeness (QED) is 0.344. The first-order valence-electron chi connectivity index (χ1n) is 9.20. The summed E-state index contributed by atoms with van der Waals surface area (Å²) < 4.78 is 5.26. The molecule has 1 aliphatic heterocycles. The van der Waals surface area contributed by atoms with Crippen LogP contribution in [0, 0.1) is 0 Å². The molecule has 4 rings (SSSR count). The lowest BCUT2D eigenvalue weighted by Crippen LogP contribution is -2.28. The Labute approximate surface area is 182 Å². The van der Waals surface area contributed by atoms with Gasteiger partial charge in [-0.2, -0.15) is 0 Å². The van der Waals surface area contributed by atoms with Crippen molar-refractivity contribution in [2.24, 2.45) is 0 Å². The Balaban J connectivity index is 1.82. The number of Topliss-reactive ketones (excluding diaryl/α,β-unsaturated/α-hetero) is 1. The van der Waals surface area contributed by atoms with Crippen molar-refractivity contribution in [3.8, 4) is 5.75 Å². The fraction of sp³-hybridized carbons (Fsp3) is 0.130. The van der Waals surface area contributed by atoms with Gasteiger partial charge in [0, 0.05) is 22.0 Å². The first-order valence-corrected chi connectivity index (χ1v) is 10.5. The largest absolute Gasteiger partial charge is 0.507 e. The number of hydrogen-bond acceptors (Lipinski definition) is 5. The number of rotatable bonds is 5. The van der Waals surface area contributed by atoms with Crippen molar-refractivity contribution in [2.75, 3.05) is 7.11 Å². The van der Waals surface area contributed by atoms with Gasteiger partial charge in [-0.15, -0.1) is 11.3 Å². The van der Waals surface area contributed by atoms with Crippen LogP contribution in [0.5, 0.6) is 5.75 Å². The van der Waals surface area contributed by atoms with Crippen LogP contribution in [-0.4, -0.2) is 28.8 Å². The van der Waals surface area contributed by atoms with Gasteiger partial charge in [0.25, 0.3) is 11.7 Å². The van der Waals surface area contributed by atoms with Crippen LogP contribution in [-0.2, 0) is 16.1 Å². The van der Waals surface area contributed by atoms with E-state index in [9.17, 15) is 14.7 Å². The van der Waals surface area contributed by atoms with E-state index >= 15 is 0 Å². The summed E-state index contributed by atoms with van der Waals surface area (Å²) in [5.74, 6) is -0.938. The van der Waals surface area contributed by atoms with Crippen molar-refractivity contribution in [3.05, 3.63) is 92.6 Å². The lowest BCUT2D eigenvalue weighted by atomic mass is 10.00. The number of amides is 1. The number of likely N-dealkylation sites (tertiary alicyclic amines) is 1. The van der Waals surface area contributed by atoms with Crippen LogP contribution < -0.4 is 4.74 Å². The zero-order valence-electron chi connectivity index (χ0n) is 16.0. The maximum Gasteiger partial charge on any atom is 0.295 e. The average Bonchev–Trinajstić information content (AvgIpc) is 3.36. The molecule has 1 atom stereocenters. The first-order chi connectivity index (χ1) is 14.5. The average molecular weight is 440 g/mol. The van der Waals surface area contributed by atoms with Crippen molar-refractivity contribution < 1.29 is 19.4 Å². The van der Waals surface area contributed by atoms with Gasteiger partial charge in [-0.05, 0) is 41.3 Å². The predicted molar refractivity (Wildman–Crippen MR) is 117 cm³/mol. The van der Waals surface area contributed by atoms with Gasteiger partial charge in [0.2, 0.25) is 0 Å². The van der Waals surface area contributed by atoms with Crippen LogP contribution >= 0.6 is 22.9 Å². The number of methoxy groups -OCH3 is 1. The lowest BCUT2D eigenvalue weighted by Gasteiger charge is -2.24. The van der Waals surface area contributed by atoms with Crippen LogP contribution in [0.4, 0.5) is 0 Å². The fourth-order valence-electron chi connectivity index (χ4n) is 3.54. The minimum absolute atomic E-state index is 0.0626. The highest BCUT2D eigenvalue weighted by atomic mass is 35.5. The second kappa shape index (κ2) is 8.34. The Hall–Kier alpha value is -3.09. The number of aliphatic hydroxyl groups excluding tert-OH is 1. The molecule has 3 aromatic rings. The van der Waals surface area contributed by atoms with Crippen LogP contribution in [0.3, 0.4) is 0 Å². The number of hydrogen-bond donors (Lipinski definition) is 1. The van der Waals surface area contributed by atoms with E-state index in [-0.39, 0.29) is 17.9 Å². The Morgan fingerprint density at radius 1 is 1.13 bits per heavy atom. The molecule has 7 heteroatoms. The predicted octanol–water partition coefficient (Wildman–Crippen LogP) is 5.03. The van der Waals surface area contributed by atoms with Gasteiger partial charge in [0.05, 0.1) is 18.7 Å². The van der Waals surface area contributed by atoms with Crippen molar-refractivity contribution in [2.45, 2.75) is 12.6 Å². The highest BCUT2D eigenvalue weighted by Crippen LogP contribution is 2.42. The maximum atomic E-state index is 13.0. The number of carbonyl (C=O) groups is 2. The summed E-state index contributed by atoms with van der Waals surface area (Å²) in [6.45, 7) is 0.205. The molecule has 2 heterocycles. The topological polar surface area (TPSA) is 66.8 Å². The van der Waals surface area contributed by atoms with Gasteiger partial charge < -0.3 is 14.7 Å². The zero-order valence-corrected chi connectivity index (χ0v) is 17.6. The molecule has 1 saturated heterocycles. The molecule has 0 radical (unpaired) electrons. The molecular weight excluding hydrogens is 422 g/mol. The number of carbonyl (C=O) groups excluding carboxylic acids is 2. The van der Waals surface area contributed by atoms with Crippen molar-refractivity contribution in [1.29, 1.82) is 0 Å². The minimum Gasteiger partial charge on any atom is -0.507 e. The Kier molecular flexibility index (Phi) is 5.61. The summed E-state index contributed by atoms with van der Waals surface area (Å²) in [5.41, 5.74) is 1.27. The fourth-order valence-corrected chi connectivity index (χ4v) is 4.58. The van der Waals surface area contributed by atoms with Crippen LogP contribution in [0.15, 0.2) is 71.6 Å². The first kappa shape index (κ1) is 20.2. The molecule has 1 amide bonds. The molecular formula is C23H18ClNO4S. The van der Waals surface area contributed by atoms with E-state index in [1.165, 1.54) is 16.2 Å². The van der Waals surface area contributed by atoms with Crippen LogP contribution in [0.25, 0.3) is 5.76 Å². The summed E-state index contributed by atoms with van der Waals surface area (Å²) in [4.78, 5) is 28.2. The smallest absolute Gasteiger partial charge is 0.295 e. The molecule has 0 bridgehead atoms. The van der Waals surface area contributed by atoms with E-state index < -0.39 is 17.7 Å². The van der Waals surface area contributed by atoms with Gasteiger partial charge in [0.15, 0.2) is 0 Å². The van der Waals surface area contributed by atoms with E-state index in [0.29, 0.717) is 16.3 Å². The molecule has 0 spiro atoms. The molecule has 1 fully saturated rings. The van der Waals surface area contributed by atoms with Gasteiger partial charge in [-0.1, -0.05) is 41.9 Å². The second-order valence-electron chi connectivity index (χ2n) is 6.80. The molecule has 1 aliphatic rings. The number of thiophene rings is 1. The Bertz CT molecular complexity index is 1140. The molecule has 0 aliphatic carbocycles. The number of benzene rings is 2. The van der Waals surface area contributed by atoms with Gasteiger partial charge >= 0.3 is 0 Å². The maximum absolute atomic E-state index is 13.0. The summed E-state index contributed by atoms with van der Waals surface area (Å²) >= 11 is 7.48. The highest BCUT2D eigenvalue weighted by Gasteiger charge is 2.46. The van der Waals surface area contributed by atoms with Gasteiger partial charge in [-0.25, -0.2) is 0 Å². The van der Waals surface area contributed by atoms with Crippen molar-refractivity contribution in [1.82, 2.24) is 4.90 Å². The number of aliphatic hydroxyl groups is 1. The van der Waals surface area contributed by atoms with E-state index in [1.807, 2.05) is 41.8 Å². The molecule has 1 unspecified atom stereocenters. The lowest BCUT2D eigenvalue weighted by molar-refractivity contribution is -0.140. The van der Waals surface area contributed by atoms with E-state index in [2.05, 4.69) is 0 Å². The third-order valence-electron chi connectivity index (χ3n) is 4.94. The minimum atomic E-state index is -0.714. The van der Waals surface area contributed by atoms with Gasteiger partial charge in [0.1, 0.15) is 11.5 Å². The standard InChI is InChI=1S/C23H18ClNO4S/c1-29-17-8-2-5-14(11-17)13-25-20(18-9-4-10-30-18)19(22(27)23(25)28)21(26)15-6-3-7-16(24)12-15/h2-12,20,26H,13H2,1H3/b21-19-. The third-order valence-corrected chi connectivity index (χ3v) is 6.10. The summed E-state index contributed by atoms with van der Waals surface area (Å²) in [7, 11) is 1.57. The second-order valence-corrected chi connectivity index (χ2v) is 8.22. The highest BCUT2D eigenvalue weighted by molar-refractivity contribution is 7.10. The zero-order chi connectivity index (χ0) is 21.3. The Morgan fingerprint density at radius 3 is 2.63 bits per heavy atom. The normalized spacial score (nSPS) is 18.1. The number of halogens is 1. The monoisotopic (exact) mass is 439 g/mol. The summed E-state index contributed by atoms with van der Waals surface area (Å²) in [6, 6.07) is 16.9. The van der Waals surface area contributed by atoms with Crippen LogP contribution in [0.1, 0.15) is 22.0 Å². The van der Waals surface area contributed by atoms with Crippen molar-refractivity contribution in [3.63, 3.8) is 0 Å². The molecule has 152 valence electrons. The molecule has 5 nitrogen and oxygen atoms in total. The number of ether oxygens (including phenoxy) is 1. The number of ketones is 1. The molecule has 30 heavy (non-hydrogen) atoms. The molecule has 1 N–H and O–H groups in total. The van der Waals surface area contributed by atoms with E-state index in [0.717, 1.165) is 10.4 Å². The molecule has 0 saturated carbocycles. The summed E-state index contributed by atoms with van der Waals surface area (Å²) in [5, 5.41) is 13.3. The van der Waals surface area contributed by atoms with Gasteiger partial charge in [-0.3, -0.25) is 9.59 Å². The number of nitrogens with zero attached hydrogens (tertiary/aromatic N) is 1.